The average Bonchev–Trinajstić information content (AvgIpc) is 2.40. The lowest BCUT2D eigenvalue weighted by Gasteiger charge is -2.56. The minimum absolute atomic E-state index is 0.266. The predicted octanol–water partition coefficient (Wildman–Crippen LogP) is 1.20. The van der Waals surface area contributed by atoms with Gasteiger partial charge in [0, 0.05) is 5.54 Å². The zero-order valence-electron chi connectivity index (χ0n) is 12.1. The summed E-state index contributed by atoms with van der Waals surface area (Å²) in [6.45, 7) is 0. The first-order valence-corrected chi connectivity index (χ1v) is 7.78. The molecule has 4 fully saturated rings. The summed E-state index contributed by atoms with van der Waals surface area (Å²) in [5.41, 5.74) is -2.28. The van der Waals surface area contributed by atoms with Gasteiger partial charge < -0.3 is 5.32 Å². The van der Waals surface area contributed by atoms with E-state index in [0.29, 0.717) is 28.5 Å². The van der Waals surface area contributed by atoms with Crippen molar-refractivity contribution in [1.82, 2.24) is 14.9 Å². The number of rotatable bonds is 1. The number of halogens is 1. The SMILES string of the molecule is O=C(NC12CC3CC(CC(C3)C1)C2)n1cc(F)c(=O)[nH]c1=O. The zero-order valence-corrected chi connectivity index (χ0v) is 12.1. The Kier molecular flexibility index (Phi) is 2.83. The van der Waals surface area contributed by atoms with Gasteiger partial charge in [-0.15, -0.1) is 0 Å². The van der Waals surface area contributed by atoms with Crippen molar-refractivity contribution in [2.75, 3.05) is 0 Å². The number of H-pyrrole nitrogens is 1. The third-order valence-corrected chi connectivity index (χ3v) is 5.53. The number of aromatic nitrogens is 2. The van der Waals surface area contributed by atoms with Crippen molar-refractivity contribution in [3.63, 3.8) is 0 Å². The fraction of sp³-hybridized carbons (Fsp3) is 0.667. The molecule has 1 aromatic rings. The van der Waals surface area contributed by atoms with Crippen molar-refractivity contribution >= 4 is 6.03 Å². The Hall–Kier alpha value is -1.92. The van der Waals surface area contributed by atoms with E-state index < -0.39 is 23.1 Å². The quantitative estimate of drug-likeness (QED) is 0.817. The number of hydrogen-bond acceptors (Lipinski definition) is 3. The van der Waals surface area contributed by atoms with E-state index in [0.717, 1.165) is 19.3 Å². The van der Waals surface area contributed by atoms with Crippen LogP contribution in [0.5, 0.6) is 0 Å². The second-order valence-electron chi connectivity index (χ2n) is 7.23. The van der Waals surface area contributed by atoms with E-state index in [2.05, 4.69) is 5.32 Å². The van der Waals surface area contributed by atoms with E-state index in [1.807, 2.05) is 4.98 Å². The Balaban J connectivity index is 1.61. The topological polar surface area (TPSA) is 84.0 Å². The Bertz CT molecular complexity index is 716. The van der Waals surface area contributed by atoms with Gasteiger partial charge >= 0.3 is 11.7 Å². The normalized spacial score (nSPS) is 35.6. The molecule has 0 radical (unpaired) electrons. The molecule has 118 valence electrons. The number of amides is 1. The van der Waals surface area contributed by atoms with Gasteiger partial charge in [-0.3, -0.25) is 9.78 Å². The van der Waals surface area contributed by atoms with Gasteiger partial charge in [0.15, 0.2) is 0 Å². The highest BCUT2D eigenvalue weighted by Gasteiger charge is 2.51. The van der Waals surface area contributed by atoms with Crippen molar-refractivity contribution in [3.05, 3.63) is 32.9 Å². The summed E-state index contributed by atoms with van der Waals surface area (Å²) >= 11 is 0. The highest BCUT2D eigenvalue weighted by Crippen LogP contribution is 2.55. The molecule has 1 amide bonds. The molecular formula is C15H18FN3O3. The van der Waals surface area contributed by atoms with E-state index in [4.69, 9.17) is 0 Å². The van der Waals surface area contributed by atoms with Crippen LogP contribution in [0.2, 0.25) is 0 Å². The molecule has 22 heavy (non-hydrogen) atoms. The third kappa shape index (κ3) is 2.10. The molecule has 1 heterocycles. The van der Waals surface area contributed by atoms with Crippen molar-refractivity contribution in [3.8, 4) is 0 Å². The maximum absolute atomic E-state index is 13.3. The molecular weight excluding hydrogens is 289 g/mol. The molecule has 0 atom stereocenters. The van der Waals surface area contributed by atoms with E-state index in [1.165, 1.54) is 19.3 Å². The van der Waals surface area contributed by atoms with E-state index in [-0.39, 0.29) is 5.54 Å². The first-order chi connectivity index (χ1) is 10.4. The first kappa shape index (κ1) is 13.7. The highest BCUT2D eigenvalue weighted by molar-refractivity contribution is 5.77. The third-order valence-electron chi connectivity index (χ3n) is 5.53. The van der Waals surface area contributed by atoms with Crippen LogP contribution in [0.4, 0.5) is 9.18 Å². The van der Waals surface area contributed by atoms with Gasteiger partial charge in [0.25, 0.3) is 5.56 Å². The van der Waals surface area contributed by atoms with Crippen LogP contribution in [-0.4, -0.2) is 21.1 Å². The molecule has 2 N–H and O–H groups in total. The molecule has 6 nitrogen and oxygen atoms in total. The summed E-state index contributed by atoms with van der Waals surface area (Å²) in [7, 11) is 0. The summed E-state index contributed by atoms with van der Waals surface area (Å²) in [5.74, 6) is 0.807. The lowest BCUT2D eigenvalue weighted by atomic mass is 9.53. The highest BCUT2D eigenvalue weighted by atomic mass is 19.1. The molecule has 0 saturated heterocycles. The van der Waals surface area contributed by atoms with Crippen LogP contribution in [0.15, 0.2) is 15.8 Å². The Morgan fingerprint density at radius 2 is 1.73 bits per heavy atom. The molecule has 5 rings (SSSR count). The summed E-state index contributed by atoms with van der Waals surface area (Å²) < 4.78 is 14.0. The van der Waals surface area contributed by atoms with Crippen LogP contribution < -0.4 is 16.6 Å². The number of nitrogens with zero attached hydrogens (tertiary/aromatic N) is 1. The van der Waals surface area contributed by atoms with Crippen molar-refractivity contribution in [1.29, 1.82) is 0 Å². The zero-order chi connectivity index (χ0) is 15.5. The molecule has 4 saturated carbocycles. The number of hydrogen-bond donors (Lipinski definition) is 2. The van der Waals surface area contributed by atoms with Crippen LogP contribution in [0.25, 0.3) is 0 Å². The summed E-state index contributed by atoms with van der Waals surface area (Å²) in [6.07, 6.45) is 7.19. The number of carbonyl (C=O) groups is 1. The average molecular weight is 307 g/mol. The van der Waals surface area contributed by atoms with Crippen LogP contribution in [0.1, 0.15) is 38.5 Å². The largest absolute Gasteiger partial charge is 0.336 e. The number of aromatic amines is 1. The van der Waals surface area contributed by atoms with Crippen LogP contribution in [0, 0.1) is 23.6 Å². The van der Waals surface area contributed by atoms with Crippen molar-refractivity contribution in [2.24, 2.45) is 17.8 Å². The van der Waals surface area contributed by atoms with Gasteiger partial charge in [-0.2, -0.15) is 4.39 Å². The number of nitrogens with one attached hydrogen (secondary N) is 2. The molecule has 0 unspecified atom stereocenters. The Labute approximate surface area is 125 Å². The second kappa shape index (κ2) is 4.54. The Morgan fingerprint density at radius 3 is 2.27 bits per heavy atom. The number of carbonyl (C=O) groups excluding carboxylic acids is 1. The molecule has 4 bridgehead atoms. The molecule has 0 aliphatic heterocycles. The van der Waals surface area contributed by atoms with Crippen LogP contribution in [0.3, 0.4) is 0 Å². The summed E-state index contributed by atoms with van der Waals surface area (Å²) in [5, 5.41) is 2.96. The molecule has 0 aromatic carbocycles. The molecule has 1 aromatic heterocycles. The van der Waals surface area contributed by atoms with Gasteiger partial charge in [-0.05, 0) is 56.3 Å². The standard InChI is InChI=1S/C15H18FN3O3/c16-11-7-19(13(21)17-12(11)20)14(22)18-15-4-8-1-9(5-15)3-10(2-8)6-15/h7-10H,1-6H2,(H,18,22)(H,17,20,21). The lowest BCUT2D eigenvalue weighted by molar-refractivity contribution is -0.0135. The maximum Gasteiger partial charge on any atom is 0.336 e. The second-order valence-corrected chi connectivity index (χ2v) is 7.23. The minimum atomic E-state index is -1.14. The smallest absolute Gasteiger partial charge is 0.332 e. The maximum atomic E-state index is 13.3. The summed E-state index contributed by atoms with van der Waals surface area (Å²) in [6, 6.07) is -0.651. The van der Waals surface area contributed by atoms with Gasteiger partial charge in [-0.1, -0.05) is 0 Å². The van der Waals surface area contributed by atoms with Gasteiger partial charge in [0.05, 0.1) is 6.20 Å². The Morgan fingerprint density at radius 1 is 1.18 bits per heavy atom. The first-order valence-electron chi connectivity index (χ1n) is 7.78. The van der Waals surface area contributed by atoms with Crippen LogP contribution >= 0.6 is 0 Å². The van der Waals surface area contributed by atoms with Crippen molar-refractivity contribution in [2.45, 2.75) is 44.1 Å². The van der Waals surface area contributed by atoms with Gasteiger partial charge in [0.2, 0.25) is 5.82 Å². The molecule has 7 heteroatoms. The minimum Gasteiger partial charge on any atom is -0.332 e. The van der Waals surface area contributed by atoms with E-state index in [1.54, 1.807) is 0 Å². The predicted molar refractivity (Wildman–Crippen MR) is 76.1 cm³/mol. The molecule has 4 aliphatic rings. The summed E-state index contributed by atoms with van der Waals surface area (Å²) in [4.78, 5) is 36.9. The molecule has 0 spiro atoms. The fourth-order valence-corrected chi connectivity index (χ4v) is 5.15. The lowest BCUT2D eigenvalue weighted by Crippen LogP contribution is -2.61. The van der Waals surface area contributed by atoms with Gasteiger partial charge in [-0.25, -0.2) is 14.2 Å². The van der Waals surface area contributed by atoms with Gasteiger partial charge in [0.1, 0.15) is 0 Å². The molecule has 4 aliphatic carbocycles. The van der Waals surface area contributed by atoms with Crippen LogP contribution in [-0.2, 0) is 0 Å². The van der Waals surface area contributed by atoms with E-state index >= 15 is 0 Å². The van der Waals surface area contributed by atoms with E-state index in [9.17, 15) is 18.8 Å². The fourth-order valence-electron chi connectivity index (χ4n) is 5.15. The van der Waals surface area contributed by atoms with Crippen molar-refractivity contribution < 1.29 is 9.18 Å². The monoisotopic (exact) mass is 307 g/mol.